The molecule has 1 fully saturated rings. The monoisotopic (exact) mass is 587 g/mol. The van der Waals surface area contributed by atoms with Crippen LogP contribution < -0.4 is 15.5 Å². The summed E-state index contributed by atoms with van der Waals surface area (Å²) in [5.41, 5.74) is 6.24. The summed E-state index contributed by atoms with van der Waals surface area (Å²) >= 11 is 12.5. The number of hydrogen-bond acceptors (Lipinski definition) is 4. The van der Waals surface area contributed by atoms with Crippen molar-refractivity contribution in [3.8, 4) is 5.69 Å². The predicted octanol–water partition coefficient (Wildman–Crippen LogP) is 6.61. The van der Waals surface area contributed by atoms with Crippen LogP contribution in [-0.4, -0.2) is 31.6 Å². The van der Waals surface area contributed by atoms with Crippen molar-refractivity contribution in [3.63, 3.8) is 0 Å². The van der Waals surface area contributed by atoms with Gasteiger partial charge in [-0.15, -0.1) is 0 Å². The lowest BCUT2D eigenvalue weighted by atomic mass is 9.96. The first-order chi connectivity index (χ1) is 19.6. The van der Waals surface area contributed by atoms with E-state index < -0.39 is 5.97 Å². The first-order valence-corrected chi connectivity index (χ1v) is 14.0. The molecule has 41 heavy (non-hydrogen) atoms. The maximum Gasteiger partial charge on any atom is 0.335 e. The Bertz CT molecular complexity index is 1640. The maximum absolute atomic E-state index is 12.3. The van der Waals surface area contributed by atoms with Crippen molar-refractivity contribution in [1.82, 2.24) is 14.9 Å². The maximum atomic E-state index is 12.3. The summed E-state index contributed by atoms with van der Waals surface area (Å²) < 4.78 is 2.10. The van der Waals surface area contributed by atoms with Crippen molar-refractivity contribution >= 4 is 52.2 Å². The molecular weight excluding hydrogens is 558 g/mol. The summed E-state index contributed by atoms with van der Waals surface area (Å²) in [7, 11) is 0. The summed E-state index contributed by atoms with van der Waals surface area (Å²) in [6, 6.07) is 19.7. The largest absolute Gasteiger partial charge is 0.478 e. The summed E-state index contributed by atoms with van der Waals surface area (Å²) in [6.07, 6.45) is 1.76. The number of aromatic nitrogens is 2. The summed E-state index contributed by atoms with van der Waals surface area (Å²) in [5.74, 6) is -1.26. The standard InChI is InChI=1S/C31H30ClN5O3S/c1-17(2)29(38)34-25-13-12-22(16-24(25)32)37-28(27(35-31(37)41)26-7-5-6-14-33-26)23-15-18(3)36(19(23)4)21-10-8-20(9-11-21)30(39)40/h5-17,27-28H,1-4H3,(H,34,38)(H,35,41)(H,39,40)/t27-,28-/m0/s1. The van der Waals surface area contributed by atoms with Crippen LogP contribution >= 0.6 is 23.8 Å². The molecule has 1 amide bonds. The Morgan fingerprint density at radius 1 is 1.05 bits per heavy atom. The highest BCUT2D eigenvalue weighted by molar-refractivity contribution is 7.80. The van der Waals surface area contributed by atoms with Gasteiger partial charge in [-0.25, -0.2) is 4.79 Å². The number of carboxylic acids is 1. The van der Waals surface area contributed by atoms with E-state index in [1.165, 1.54) is 0 Å². The lowest BCUT2D eigenvalue weighted by Crippen LogP contribution is -2.29. The second-order valence-corrected chi connectivity index (χ2v) is 11.1. The molecule has 1 aliphatic rings. The Kier molecular flexibility index (Phi) is 7.84. The molecule has 3 N–H and O–H groups in total. The summed E-state index contributed by atoms with van der Waals surface area (Å²) in [4.78, 5) is 30.4. The van der Waals surface area contributed by atoms with E-state index in [2.05, 4.69) is 26.3 Å². The minimum Gasteiger partial charge on any atom is -0.478 e. The molecule has 3 heterocycles. The minimum atomic E-state index is -0.967. The van der Waals surface area contributed by atoms with Gasteiger partial charge >= 0.3 is 5.97 Å². The minimum absolute atomic E-state index is 0.116. The third-order valence-corrected chi connectivity index (χ3v) is 7.90. The van der Waals surface area contributed by atoms with Gasteiger partial charge in [0.2, 0.25) is 5.91 Å². The van der Waals surface area contributed by atoms with Gasteiger partial charge in [-0.3, -0.25) is 9.78 Å². The molecule has 0 bridgehead atoms. The summed E-state index contributed by atoms with van der Waals surface area (Å²) in [5, 5.41) is 16.6. The van der Waals surface area contributed by atoms with Gasteiger partial charge < -0.3 is 25.2 Å². The van der Waals surface area contributed by atoms with E-state index in [1.807, 2.05) is 75.1 Å². The molecule has 10 heteroatoms. The molecule has 2 aromatic heterocycles. The van der Waals surface area contributed by atoms with Crippen LogP contribution in [0.5, 0.6) is 0 Å². The molecule has 2 atom stereocenters. The fourth-order valence-electron chi connectivity index (χ4n) is 5.22. The Morgan fingerprint density at radius 3 is 2.37 bits per heavy atom. The molecular formula is C31H30ClN5O3S. The van der Waals surface area contributed by atoms with E-state index in [-0.39, 0.29) is 29.5 Å². The van der Waals surface area contributed by atoms with Crippen LogP contribution in [0.3, 0.4) is 0 Å². The van der Waals surface area contributed by atoms with E-state index in [0.29, 0.717) is 15.8 Å². The number of aryl methyl sites for hydroxylation is 1. The van der Waals surface area contributed by atoms with Crippen LogP contribution in [0.1, 0.15) is 58.9 Å². The van der Waals surface area contributed by atoms with Gasteiger partial charge in [-0.2, -0.15) is 0 Å². The summed E-state index contributed by atoms with van der Waals surface area (Å²) in [6.45, 7) is 7.71. The van der Waals surface area contributed by atoms with Gasteiger partial charge in [0.25, 0.3) is 0 Å². The number of carbonyl (C=O) groups excluding carboxylic acids is 1. The quantitative estimate of drug-likeness (QED) is 0.209. The topological polar surface area (TPSA) is 99.5 Å². The van der Waals surface area contributed by atoms with Crippen LogP contribution in [0.15, 0.2) is 72.9 Å². The number of aromatic carboxylic acids is 1. The smallest absolute Gasteiger partial charge is 0.335 e. The third-order valence-electron chi connectivity index (χ3n) is 7.27. The fraction of sp³-hybridized carbons (Fsp3) is 0.226. The number of rotatable bonds is 7. The normalized spacial score (nSPS) is 16.6. The fourth-order valence-corrected chi connectivity index (χ4v) is 5.79. The number of anilines is 2. The lowest BCUT2D eigenvalue weighted by molar-refractivity contribution is -0.118. The number of hydrogen-bond donors (Lipinski definition) is 3. The van der Waals surface area contributed by atoms with Gasteiger partial charge in [-0.1, -0.05) is 31.5 Å². The van der Waals surface area contributed by atoms with Crippen molar-refractivity contribution in [2.24, 2.45) is 5.92 Å². The Labute approximate surface area is 249 Å². The van der Waals surface area contributed by atoms with Gasteiger partial charge in [0.1, 0.15) is 0 Å². The highest BCUT2D eigenvalue weighted by Gasteiger charge is 2.42. The lowest BCUT2D eigenvalue weighted by Gasteiger charge is -2.28. The number of carbonyl (C=O) groups is 2. The van der Waals surface area contributed by atoms with Crippen LogP contribution in [0.25, 0.3) is 5.69 Å². The van der Waals surface area contributed by atoms with E-state index in [4.69, 9.17) is 23.8 Å². The zero-order valence-corrected chi connectivity index (χ0v) is 24.6. The number of amides is 1. The Hall–Kier alpha value is -4.21. The van der Waals surface area contributed by atoms with Crippen LogP contribution in [-0.2, 0) is 4.79 Å². The number of halogens is 1. The van der Waals surface area contributed by atoms with Gasteiger partial charge in [-0.05, 0) is 92.3 Å². The van der Waals surface area contributed by atoms with Crippen molar-refractivity contribution < 1.29 is 14.7 Å². The molecule has 1 aliphatic heterocycles. The molecule has 8 nitrogen and oxygen atoms in total. The number of nitrogens with one attached hydrogen (secondary N) is 2. The zero-order chi connectivity index (χ0) is 29.4. The van der Waals surface area contributed by atoms with Crippen molar-refractivity contribution in [2.45, 2.75) is 39.8 Å². The van der Waals surface area contributed by atoms with Crippen molar-refractivity contribution in [3.05, 3.63) is 106 Å². The van der Waals surface area contributed by atoms with E-state index in [9.17, 15) is 14.7 Å². The average Bonchev–Trinajstić information content (AvgIpc) is 3.44. The van der Waals surface area contributed by atoms with Crippen LogP contribution in [0.2, 0.25) is 5.02 Å². The molecule has 0 unspecified atom stereocenters. The molecule has 5 rings (SSSR count). The van der Waals surface area contributed by atoms with Gasteiger partial charge in [0, 0.05) is 34.9 Å². The van der Waals surface area contributed by atoms with Crippen LogP contribution in [0.4, 0.5) is 11.4 Å². The highest BCUT2D eigenvalue weighted by Crippen LogP contribution is 2.44. The van der Waals surface area contributed by atoms with E-state index >= 15 is 0 Å². The molecule has 1 saturated heterocycles. The molecule has 0 saturated carbocycles. The molecule has 4 aromatic rings. The number of carboxylic acid groups (broad SMARTS) is 1. The molecule has 0 aliphatic carbocycles. The molecule has 2 aromatic carbocycles. The van der Waals surface area contributed by atoms with Crippen LogP contribution in [0, 0.1) is 19.8 Å². The average molecular weight is 588 g/mol. The van der Waals surface area contributed by atoms with Gasteiger partial charge in [0.05, 0.1) is 34.1 Å². The van der Waals surface area contributed by atoms with Gasteiger partial charge in [0.15, 0.2) is 5.11 Å². The van der Waals surface area contributed by atoms with E-state index in [0.717, 1.165) is 34.0 Å². The number of nitrogens with zero attached hydrogens (tertiary/aromatic N) is 3. The number of thiocarbonyl (C=S) groups is 1. The SMILES string of the molecule is Cc1cc([C@H]2[C@H](c3ccccn3)NC(=S)N2c2ccc(NC(=O)C(C)C)c(Cl)c2)c(C)n1-c1ccc(C(=O)O)cc1. The Morgan fingerprint density at radius 2 is 1.76 bits per heavy atom. The third kappa shape index (κ3) is 5.42. The van der Waals surface area contributed by atoms with Crippen molar-refractivity contribution in [1.29, 1.82) is 0 Å². The highest BCUT2D eigenvalue weighted by atomic mass is 35.5. The number of benzene rings is 2. The van der Waals surface area contributed by atoms with Crippen molar-refractivity contribution in [2.75, 3.05) is 10.2 Å². The second kappa shape index (κ2) is 11.3. The second-order valence-electron chi connectivity index (χ2n) is 10.3. The van der Waals surface area contributed by atoms with E-state index in [1.54, 1.807) is 24.4 Å². The molecule has 0 radical (unpaired) electrons. The molecule has 0 spiro atoms. The number of pyridine rings is 1. The molecule has 210 valence electrons. The zero-order valence-electron chi connectivity index (χ0n) is 23.1. The first-order valence-electron chi connectivity index (χ1n) is 13.2. The Balaban J connectivity index is 1.60. The first kappa shape index (κ1) is 28.3. The predicted molar refractivity (Wildman–Crippen MR) is 165 cm³/mol.